The molecule has 5 unspecified atom stereocenters. The van der Waals surface area contributed by atoms with E-state index in [9.17, 15) is 0 Å². The van der Waals surface area contributed by atoms with Gasteiger partial charge in [0.05, 0.1) is 12.2 Å². The van der Waals surface area contributed by atoms with E-state index in [1.54, 1.807) is 7.11 Å². The lowest BCUT2D eigenvalue weighted by atomic mass is 9.71. The molecule has 2 aliphatic heterocycles. The van der Waals surface area contributed by atoms with Gasteiger partial charge >= 0.3 is 7.32 Å². The van der Waals surface area contributed by atoms with Crippen LogP contribution in [0, 0.1) is 5.41 Å². The lowest BCUT2D eigenvalue weighted by Crippen LogP contribution is -2.52. The van der Waals surface area contributed by atoms with Crippen molar-refractivity contribution in [2.75, 3.05) is 20.7 Å². The van der Waals surface area contributed by atoms with Crippen LogP contribution in [0.1, 0.15) is 45.4 Å². The Morgan fingerprint density at radius 3 is 2.67 bits per heavy atom. The largest absolute Gasteiger partial charge is 0.639 e. The standard InChI is InChI=1S/C15H27BINO3/c1-15(14-6-4-5-9-18(14)2)10-12-11(7-8-13(15)17)20-16(19-3)21-12/h11-14H,4-10H2,1-3H3. The Kier molecular flexibility index (Phi) is 5.21. The molecule has 21 heavy (non-hydrogen) atoms. The van der Waals surface area contributed by atoms with Crippen molar-refractivity contribution in [2.24, 2.45) is 5.41 Å². The van der Waals surface area contributed by atoms with E-state index in [0.717, 1.165) is 12.8 Å². The van der Waals surface area contributed by atoms with Gasteiger partial charge in [-0.1, -0.05) is 35.9 Å². The van der Waals surface area contributed by atoms with E-state index >= 15 is 0 Å². The van der Waals surface area contributed by atoms with E-state index in [1.165, 1.54) is 32.2 Å². The fourth-order valence-corrected chi connectivity index (χ4v) is 5.52. The van der Waals surface area contributed by atoms with Crippen molar-refractivity contribution in [3.8, 4) is 0 Å². The molecule has 6 heteroatoms. The highest BCUT2D eigenvalue weighted by molar-refractivity contribution is 14.1. The van der Waals surface area contributed by atoms with Crippen LogP contribution in [0.5, 0.6) is 0 Å². The average Bonchev–Trinajstić information content (AvgIpc) is 2.82. The summed E-state index contributed by atoms with van der Waals surface area (Å²) in [5, 5.41) is 0. The van der Waals surface area contributed by atoms with E-state index in [4.69, 9.17) is 14.0 Å². The van der Waals surface area contributed by atoms with Crippen LogP contribution in [-0.4, -0.2) is 55.1 Å². The van der Waals surface area contributed by atoms with Crippen LogP contribution < -0.4 is 0 Å². The lowest BCUT2D eigenvalue weighted by molar-refractivity contribution is 0.0289. The molecule has 120 valence electrons. The molecule has 0 N–H and O–H groups in total. The van der Waals surface area contributed by atoms with Crippen molar-refractivity contribution in [1.29, 1.82) is 0 Å². The SMILES string of the molecule is COB1OC2CCC(I)C(C)(C3CCCCN3C)CC2O1. The van der Waals surface area contributed by atoms with Gasteiger partial charge < -0.3 is 18.9 Å². The molecule has 1 aliphatic carbocycles. The van der Waals surface area contributed by atoms with Crippen LogP contribution in [0.2, 0.25) is 0 Å². The van der Waals surface area contributed by atoms with Crippen molar-refractivity contribution >= 4 is 29.9 Å². The van der Waals surface area contributed by atoms with Gasteiger partial charge in [0, 0.05) is 17.1 Å². The molecule has 0 aromatic rings. The molecule has 0 bridgehead atoms. The summed E-state index contributed by atoms with van der Waals surface area (Å²) in [6.45, 7) is 3.71. The average molecular weight is 407 g/mol. The number of rotatable bonds is 2. The third-order valence-electron chi connectivity index (χ3n) is 5.77. The Hall–Kier alpha value is 0.635. The molecule has 3 fully saturated rings. The van der Waals surface area contributed by atoms with Crippen LogP contribution in [-0.2, 0) is 14.0 Å². The molecule has 0 radical (unpaired) electrons. The summed E-state index contributed by atoms with van der Waals surface area (Å²) in [6, 6.07) is 0.664. The number of alkyl halides is 1. The molecule has 4 nitrogen and oxygen atoms in total. The smallest absolute Gasteiger partial charge is 0.389 e. The van der Waals surface area contributed by atoms with Crippen molar-refractivity contribution in [3.05, 3.63) is 0 Å². The van der Waals surface area contributed by atoms with Gasteiger partial charge in [0.1, 0.15) is 0 Å². The highest BCUT2D eigenvalue weighted by Crippen LogP contribution is 2.48. The predicted molar refractivity (Wildman–Crippen MR) is 92.5 cm³/mol. The Morgan fingerprint density at radius 2 is 1.95 bits per heavy atom. The van der Waals surface area contributed by atoms with E-state index < -0.39 is 7.32 Å². The molecule has 0 aromatic heterocycles. The molecular formula is C15H27BINO3. The molecule has 3 rings (SSSR count). The predicted octanol–water partition coefficient (Wildman–Crippen LogP) is 2.88. The van der Waals surface area contributed by atoms with Crippen molar-refractivity contribution in [3.63, 3.8) is 0 Å². The summed E-state index contributed by atoms with van der Waals surface area (Å²) >= 11 is 2.68. The zero-order valence-corrected chi connectivity index (χ0v) is 15.5. The lowest BCUT2D eigenvalue weighted by Gasteiger charge is -2.48. The summed E-state index contributed by atoms with van der Waals surface area (Å²) in [7, 11) is 3.50. The van der Waals surface area contributed by atoms with Gasteiger partial charge in [-0.3, -0.25) is 0 Å². The Bertz CT molecular complexity index is 375. The summed E-state index contributed by atoms with van der Waals surface area (Å²) < 4.78 is 17.8. The first-order valence-electron chi connectivity index (χ1n) is 8.22. The third-order valence-corrected chi connectivity index (χ3v) is 7.82. The zero-order chi connectivity index (χ0) is 15.0. The van der Waals surface area contributed by atoms with E-state index in [1.807, 2.05) is 0 Å². The Labute approximate surface area is 142 Å². The first-order valence-corrected chi connectivity index (χ1v) is 9.47. The van der Waals surface area contributed by atoms with Gasteiger partial charge in [-0.25, -0.2) is 0 Å². The summed E-state index contributed by atoms with van der Waals surface area (Å²) in [5.74, 6) is 0. The first kappa shape index (κ1) is 16.5. The minimum atomic E-state index is -0.459. The zero-order valence-electron chi connectivity index (χ0n) is 13.4. The van der Waals surface area contributed by atoms with E-state index in [0.29, 0.717) is 15.4 Å². The van der Waals surface area contributed by atoms with Gasteiger partial charge in [-0.2, -0.15) is 0 Å². The molecule has 3 aliphatic rings. The number of nitrogens with zero attached hydrogens (tertiary/aromatic N) is 1. The third kappa shape index (κ3) is 3.16. The maximum absolute atomic E-state index is 6.00. The van der Waals surface area contributed by atoms with Crippen molar-refractivity contribution in [2.45, 2.75) is 67.6 Å². The molecular weight excluding hydrogens is 380 g/mol. The number of fused-ring (bicyclic) bond motifs is 1. The number of hydrogen-bond donors (Lipinski definition) is 0. The van der Waals surface area contributed by atoms with Crippen LogP contribution in [0.25, 0.3) is 0 Å². The van der Waals surface area contributed by atoms with Gasteiger partial charge in [0.2, 0.25) is 0 Å². The summed E-state index contributed by atoms with van der Waals surface area (Å²) in [4.78, 5) is 2.58. The second-order valence-electron chi connectivity index (χ2n) is 7.12. The number of likely N-dealkylation sites (tertiary alicyclic amines) is 1. The molecule has 5 atom stereocenters. The van der Waals surface area contributed by atoms with E-state index in [2.05, 4.69) is 41.5 Å². The molecule has 0 aromatic carbocycles. The minimum absolute atomic E-state index is 0.190. The van der Waals surface area contributed by atoms with Crippen LogP contribution >= 0.6 is 22.6 Å². The fourth-order valence-electron chi connectivity index (χ4n) is 4.49. The summed E-state index contributed by atoms with van der Waals surface area (Å²) in [5.41, 5.74) is 0.293. The second-order valence-corrected chi connectivity index (χ2v) is 8.62. The Balaban J connectivity index is 1.79. The van der Waals surface area contributed by atoms with Gasteiger partial charge in [0.15, 0.2) is 0 Å². The van der Waals surface area contributed by atoms with Crippen LogP contribution in [0.15, 0.2) is 0 Å². The van der Waals surface area contributed by atoms with Gasteiger partial charge in [-0.15, -0.1) is 0 Å². The maximum atomic E-state index is 6.00. The highest BCUT2D eigenvalue weighted by atomic mass is 127. The molecule has 1 saturated carbocycles. The monoisotopic (exact) mass is 407 g/mol. The van der Waals surface area contributed by atoms with Gasteiger partial charge in [0.25, 0.3) is 0 Å². The normalized spacial score (nSPS) is 45.4. The maximum Gasteiger partial charge on any atom is 0.639 e. The molecule has 0 amide bonds. The minimum Gasteiger partial charge on any atom is -0.389 e. The Morgan fingerprint density at radius 1 is 1.19 bits per heavy atom. The summed E-state index contributed by atoms with van der Waals surface area (Å²) in [6.07, 6.45) is 7.80. The van der Waals surface area contributed by atoms with Gasteiger partial charge in [-0.05, 0) is 51.1 Å². The van der Waals surface area contributed by atoms with Crippen molar-refractivity contribution < 1.29 is 14.0 Å². The molecule has 2 heterocycles. The highest BCUT2D eigenvalue weighted by Gasteiger charge is 2.52. The van der Waals surface area contributed by atoms with Crippen molar-refractivity contribution in [1.82, 2.24) is 4.90 Å². The number of piperidine rings is 1. The first-order chi connectivity index (χ1) is 10.0. The molecule has 0 spiro atoms. The number of halogens is 1. The van der Waals surface area contributed by atoms with Crippen LogP contribution in [0.3, 0.4) is 0 Å². The van der Waals surface area contributed by atoms with Crippen LogP contribution in [0.4, 0.5) is 0 Å². The fraction of sp³-hybridized carbons (Fsp3) is 1.00. The second kappa shape index (κ2) is 6.63. The molecule has 2 saturated heterocycles. The topological polar surface area (TPSA) is 30.9 Å². The quantitative estimate of drug-likeness (QED) is 0.401. The van der Waals surface area contributed by atoms with E-state index in [-0.39, 0.29) is 12.2 Å². The number of hydrogen-bond acceptors (Lipinski definition) is 4.